The van der Waals surface area contributed by atoms with Crippen LogP contribution in [0, 0.1) is 11.3 Å². The Bertz CT molecular complexity index is 372. The molecule has 1 aromatic carbocycles. The highest BCUT2D eigenvalue weighted by molar-refractivity contribution is 5.20. The Hall–Kier alpha value is -0.860. The maximum absolute atomic E-state index is 5.88. The van der Waals surface area contributed by atoms with E-state index in [9.17, 15) is 0 Å². The molecule has 0 amide bonds. The van der Waals surface area contributed by atoms with Gasteiger partial charge in [-0.2, -0.15) is 0 Å². The van der Waals surface area contributed by atoms with Crippen molar-refractivity contribution in [2.45, 2.75) is 19.4 Å². The summed E-state index contributed by atoms with van der Waals surface area (Å²) >= 11 is 0. The second-order valence-corrected chi connectivity index (χ2v) is 5.48. The molecule has 1 aliphatic heterocycles. The quantitative estimate of drug-likeness (QED) is 0.837. The number of likely N-dealkylation sites (tertiary alicyclic amines) is 1. The highest BCUT2D eigenvalue weighted by Gasteiger charge is 2.59. The van der Waals surface area contributed by atoms with Crippen LogP contribution in [0.5, 0.6) is 0 Å². The first-order chi connectivity index (χ1) is 7.75. The van der Waals surface area contributed by atoms with Gasteiger partial charge < -0.3 is 5.73 Å². The molecule has 2 N–H and O–H groups in total. The molecule has 0 aromatic heterocycles. The number of hydrogen-bond donors (Lipinski definition) is 1. The number of hydrogen-bond acceptors (Lipinski definition) is 2. The fourth-order valence-corrected chi connectivity index (χ4v) is 3.19. The first kappa shape index (κ1) is 10.3. The fourth-order valence-electron chi connectivity index (χ4n) is 3.19. The van der Waals surface area contributed by atoms with E-state index in [0.717, 1.165) is 12.5 Å². The van der Waals surface area contributed by atoms with Gasteiger partial charge in [0, 0.05) is 19.1 Å². The van der Waals surface area contributed by atoms with Crippen molar-refractivity contribution in [3.05, 3.63) is 35.9 Å². The monoisotopic (exact) mass is 216 g/mol. The van der Waals surface area contributed by atoms with Crippen molar-refractivity contribution in [3.63, 3.8) is 0 Å². The van der Waals surface area contributed by atoms with Gasteiger partial charge in [0.25, 0.3) is 0 Å². The molecule has 1 aromatic rings. The van der Waals surface area contributed by atoms with Gasteiger partial charge in [-0.25, -0.2) is 0 Å². The van der Waals surface area contributed by atoms with E-state index in [-0.39, 0.29) is 0 Å². The van der Waals surface area contributed by atoms with E-state index in [0.29, 0.717) is 11.5 Å². The highest BCUT2D eigenvalue weighted by Crippen LogP contribution is 2.58. The van der Waals surface area contributed by atoms with Gasteiger partial charge in [-0.3, -0.25) is 4.90 Å². The van der Waals surface area contributed by atoms with Crippen molar-refractivity contribution >= 4 is 0 Å². The molecule has 2 heteroatoms. The van der Waals surface area contributed by atoms with Gasteiger partial charge in [0.1, 0.15) is 0 Å². The minimum atomic E-state index is 0.489. The number of fused-ring (bicyclic) bond motifs is 1. The molecule has 2 fully saturated rings. The summed E-state index contributed by atoms with van der Waals surface area (Å²) in [5.41, 5.74) is 7.80. The number of piperidine rings is 1. The van der Waals surface area contributed by atoms with Crippen LogP contribution in [-0.2, 0) is 0 Å². The molecule has 1 aliphatic carbocycles. The van der Waals surface area contributed by atoms with Gasteiger partial charge in [0.15, 0.2) is 0 Å². The van der Waals surface area contributed by atoms with Crippen LogP contribution in [0.4, 0.5) is 0 Å². The zero-order valence-electron chi connectivity index (χ0n) is 9.89. The van der Waals surface area contributed by atoms with E-state index in [2.05, 4.69) is 42.2 Å². The topological polar surface area (TPSA) is 29.3 Å². The van der Waals surface area contributed by atoms with Gasteiger partial charge in [-0.1, -0.05) is 30.3 Å². The third kappa shape index (κ3) is 1.48. The molecule has 16 heavy (non-hydrogen) atoms. The Morgan fingerprint density at radius 2 is 2.19 bits per heavy atom. The number of nitrogens with zero attached hydrogens (tertiary/aromatic N) is 1. The van der Waals surface area contributed by atoms with Crippen molar-refractivity contribution in [1.82, 2.24) is 4.90 Å². The van der Waals surface area contributed by atoms with Crippen molar-refractivity contribution in [3.8, 4) is 0 Å². The lowest BCUT2D eigenvalue weighted by Crippen LogP contribution is -2.30. The first-order valence-corrected chi connectivity index (χ1v) is 6.24. The van der Waals surface area contributed by atoms with Crippen LogP contribution in [0.25, 0.3) is 0 Å². The molecule has 3 atom stereocenters. The van der Waals surface area contributed by atoms with Crippen LogP contribution in [0.1, 0.15) is 24.9 Å². The average Bonchev–Trinajstić information content (AvgIpc) is 2.92. The predicted molar refractivity (Wildman–Crippen MR) is 66.0 cm³/mol. The third-order valence-corrected chi connectivity index (χ3v) is 4.57. The Labute approximate surface area is 97.4 Å². The second kappa shape index (κ2) is 3.57. The molecular weight excluding hydrogens is 196 g/mol. The summed E-state index contributed by atoms with van der Waals surface area (Å²) in [6.45, 7) is 5.62. The third-order valence-electron chi connectivity index (χ3n) is 4.57. The van der Waals surface area contributed by atoms with Crippen molar-refractivity contribution in [1.29, 1.82) is 0 Å². The number of nitrogens with two attached hydrogens (primary N) is 1. The minimum Gasteiger partial charge on any atom is -0.330 e. The zero-order chi connectivity index (χ0) is 11.2. The molecular formula is C14H20N2. The van der Waals surface area contributed by atoms with Gasteiger partial charge in [-0.15, -0.1) is 0 Å². The van der Waals surface area contributed by atoms with Crippen molar-refractivity contribution in [2.75, 3.05) is 19.6 Å². The van der Waals surface area contributed by atoms with E-state index in [4.69, 9.17) is 5.73 Å². The maximum atomic E-state index is 5.88. The predicted octanol–water partition coefficient (Wildman–Crippen LogP) is 2.03. The van der Waals surface area contributed by atoms with E-state index in [1.807, 2.05) is 0 Å². The summed E-state index contributed by atoms with van der Waals surface area (Å²) in [6, 6.07) is 11.3. The summed E-state index contributed by atoms with van der Waals surface area (Å²) in [6.07, 6.45) is 1.36. The second-order valence-electron chi connectivity index (χ2n) is 5.48. The smallest absolute Gasteiger partial charge is 0.0320 e. The Morgan fingerprint density at radius 3 is 2.81 bits per heavy atom. The van der Waals surface area contributed by atoms with E-state index in [1.165, 1.54) is 25.1 Å². The summed E-state index contributed by atoms with van der Waals surface area (Å²) < 4.78 is 0. The summed E-state index contributed by atoms with van der Waals surface area (Å²) in [5.74, 6) is 0.878. The van der Waals surface area contributed by atoms with Crippen LogP contribution < -0.4 is 5.73 Å². The fraction of sp³-hybridized carbons (Fsp3) is 0.571. The van der Waals surface area contributed by atoms with E-state index in [1.54, 1.807) is 0 Å². The minimum absolute atomic E-state index is 0.489. The van der Waals surface area contributed by atoms with Crippen molar-refractivity contribution < 1.29 is 0 Å². The lowest BCUT2D eigenvalue weighted by molar-refractivity contribution is 0.220. The van der Waals surface area contributed by atoms with Gasteiger partial charge >= 0.3 is 0 Å². The summed E-state index contributed by atoms with van der Waals surface area (Å²) in [4.78, 5) is 2.59. The molecule has 1 saturated heterocycles. The average molecular weight is 216 g/mol. The Morgan fingerprint density at radius 1 is 1.44 bits per heavy atom. The molecule has 3 rings (SSSR count). The molecule has 0 bridgehead atoms. The normalized spacial score (nSPS) is 34.8. The largest absolute Gasteiger partial charge is 0.330 e. The lowest BCUT2D eigenvalue weighted by Gasteiger charge is -2.27. The van der Waals surface area contributed by atoms with Crippen molar-refractivity contribution in [2.24, 2.45) is 17.1 Å². The molecule has 0 spiro atoms. The molecule has 3 unspecified atom stereocenters. The zero-order valence-corrected chi connectivity index (χ0v) is 9.89. The van der Waals surface area contributed by atoms with Crippen LogP contribution >= 0.6 is 0 Å². The first-order valence-electron chi connectivity index (χ1n) is 6.24. The molecule has 1 saturated carbocycles. The standard InChI is InChI=1S/C14H20N2/c1-11(12-5-3-2-4-6-12)16-8-13-7-14(13,9-15)10-16/h2-6,11,13H,7-10,15H2,1H3. The van der Waals surface area contributed by atoms with E-state index < -0.39 is 0 Å². The maximum Gasteiger partial charge on any atom is 0.0320 e. The molecule has 1 heterocycles. The van der Waals surface area contributed by atoms with Gasteiger partial charge in [0.2, 0.25) is 0 Å². The molecule has 2 nitrogen and oxygen atoms in total. The number of rotatable bonds is 3. The Balaban J connectivity index is 1.72. The van der Waals surface area contributed by atoms with Gasteiger partial charge in [-0.05, 0) is 36.8 Å². The van der Waals surface area contributed by atoms with Crippen LogP contribution in [-0.4, -0.2) is 24.5 Å². The van der Waals surface area contributed by atoms with E-state index >= 15 is 0 Å². The van der Waals surface area contributed by atoms with Crippen LogP contribution in [0.3, 0.4) is 0 Å². The highest BCUT2D eigenvalue weighted by atomic mass is 15.2. The number of benzene rings is 1. The molecule has 86 valence electrons. The van der Waals surface area contributed by atoms with Crippen LogP contribution in [0.15, 0.2) is 30.3 Å². The summed E-state index contributed by atoms with van der Waals surface area (Å²) in [5, 5.41) is 0. The van der Waals surface area contributed by atoms with Crippen LogP contribution in [0.2, 0.25) is 0 Å². The molecule has 0 radical (unpaired) electrons. The van der Waals surface area contributed by atoms with Gasteiger partial charge in [0.05, 0.1) is 0 Å². The SMILES string of the molecule is CC(c1ccccc1)N1CC2CC2(CN)C1. The summed E-state index contributed by atoms with van der Waals surface area (Å²) in [7, 11) is 0. The molecule has 2 aliphatic rings. The lowest BCUT2D eigenvalue weighted by atomic mass is 10.1. The Kier molecular flexibility index (Phi) is 2.30.